The van der Waals surface area contributed by atoms with Crippen molar-refractivity contribution in [3.8, 4) is 5.75 Å². The molecule has 0 saturated carbocycles. The van der Waals surface area contributed by atoms with E-state index in [1.165, 1.54) is 0 Å². The fourth-order valence-electron chi connectivity index (χ4n) is 0.894. The Kier molecular flexibility index (Phi) is 3.41. The van der Waals surface area contributed by atoms with Crippen LogP contribution in [-0.4, -0.2) is 17.5 Å². The number of benzene rings is 1. The standard InChI is InChI=1S/C9H10N2O2S/c10-8(14)5-13-7-3-1-2-6(4-7)9(11)12/h1-4H,5H2,(H2,10,14)(H2,11,12). The van der Waals surface area contributed by atoms with E-state index in [-0.39, 0.29) is 11.6 Å². The molecular formula is C9H10N2O2S. The van der Waals surface area contributed by atoms with Gasteiger partial charge in [0.1, 0.15) is 17.3 Å². The second-order valence-corrected chi connectivity index (χ2v) is 3.17. The van der Waals surface area contributed by atoms with Gasteiger partial charge in [0.25, 0.3) is 0 Å². The van der Waals surface area contributed by atoms with Crippen LogP contribution >= 0.6 is 12.2 Å². The average Bonchev–Trinajstić information content (AvgIpc) is 2.15. The van der Waals surface area contributed by atoms with Gasteiger partial charge >= 0.3 is 0 Å². The first-order valence-electron chi connectivity index (χ1n) is 3.90. The fourth-order valence-corrected chi connectivity index (χ4v) is 0.953. The minimum Gasteiger partial charge on any atom is -0.486 e. The molecule has 0 aliphatic rings. The van der Waals surface area contributed by atoms with Crippen LogP contribution in [0.25, 0.3) is 0 Å². The van der Waals surface area contributed by atoms with Gasteiger partial charge in [-0.05, 0) is 18.2 Å². The van der Waals surface area contributed by atoms with Crippen LogP contribution in [0.4, 0.5) is 0 Å². The van der Waals surface area contributed by atoms with E-state index in [2.05, 4.69) is 12.2 Å². The Bertz CT molecular complexity index is 366. The summed E-state index contributed by atoms with van der Waals surface area (Å²) in [7, 11) is 0. The first-order chi connectivity index (χ1) is 6.59. The van der Waals surface area contributed by atoms with Gasteiger partial charge in [0.05, 0.1) is 0 Å². The number of carbonyl (C=O) groups is 1. The summed E-state index contributed by atoms with van der Waals surface area (Å²) in [5, 5.41) is 0. The van der Waals surface area contributed by atoms with E-state index in [1.807, 2.05) is 0 Å². The van der Waals surface area contributed by atoms with Crippen LogP contribution in [0.2, 0.25) is 0 Å². The topological polar surface area (TPSA) is 78.3 Å². The Hall–Kier alpha value is -1.62. The quantitative estimate of drug-likeness (QED) is 0.707. The highest BCUT2D eigenvalue weighted by Crippen LogP contribution is 2.12. The van der Waals surface area contributed by atoms with Crippen molar-refractivity contribution in [1.82, 2.24) is 0 Å². The van der Waals surface area contributed by atoms with E-state index in [0.29, 0.717) is 11.3 Å². The fraction of sp³-hybridized carbons (Fsp3) is 0.111. The number of hydrogen-bond donors (Lipinski definition) is 2. The number of hydrogen-bond acceptors (Lipinski definition) is 3. The van der Waals surface area contributed by atoms with Crippen LogP contribution in [0.1, 0.15) is 10.4 Å². The van der Waals surface area contributed by atoms with Crippen molar-refractivity contribution in [3.05, 3.63) is 29.8 Å². The lowest BCUT2D eigenvalue weighted by molar-refractivity contribution is 0.1000. The normalized spacial score (nSPS) is 9.43. The monoisotopic (exact) mass is 210 g/mol. The van der Waals surface area contributed by atoms with Crippen LogP contribution in [0.3, 0.4) is 0 Å². The summed E-state index contributed by atoms with van der Waals surface area (Å²) in [6, 6.07) is 6.52. The number of nitrogens with two attached hydrogens (primary N) is 2. The Morgan fingerprint density at radius 2 is 2.14 bits per heavy atom. The van der Waals surface area contributed by atoms with Crippen molar-refractivity contribution in [3.63, 3.8) is 0 Å². The van der Waals surface area contributed by atoms with E-state index in [1.54, 1.807) is 24.3 Å². The average molecular weight is 210 g/mol. The van der Waals surface area contributed by atoms with Crippen LogP contribution < -0.4 is 16.2 Å². The molecule has 0 bridgehead atoms. The van der Waals surface area contributed by atoms with Crippen LogP contribution in [0, 0.1) is 0 Å². The maximum atomic E-state index is 10.8. The molecule has 0 spiro atoms. The molecule has 0 unspecified atom stereocenters. The van der Waals surface area contributed by atoms with Gasteiger partial charge in [0.2, 0.25) is 5.91 Å². The molecule has 0 saturated heterocycles. The molecule has 14 heavy (non-hydrogen) atoms. The summed E-state index contributed by atoms with van der Waals surface area (Å²) in [5.41, 5.74) is 10.7. The first-order valence-corrected chi connectivity index (χ1v) is 4.31. The minimum absolute atomic E-state index is 0.150. The van der Waals surface area contributed by atoms with Crippen molar-refractivity contribution in [2.75, 3.05) is 6.61 Å². The molecule has 1 aromatic carbocycles. The SMILES string of the molecule is NC(=O)c1cccc(OCC(N)=S)c1. The number of thiocarbonyl (C=S) groups is 1. The van der Waals surface area contributed by atoms with E-state index in [4.69, 9.17) is 16.2 Å². The van der Waals surface area contributed by atoms with Gasteiger partial charge in [-0.25, -0.2) is 0 Å². The smallest absolute Gasteiger partial charge is 0.248 e. The third-order valence-electron chi connectivity index (χ3n) is 1.50. The molecule has 4 N–H and O–H groups in total. The first kappa shape index (κ1) is 10.5. The Morgan fingerprint density at radius 1 is 1.43 bits per heavy atom. The van der Waals surface area contributed by atoms with E-state index >= 15 is 0 Å². The minimum atomic E-state index is -0.495. The molecule has 0 aliphatic carbocycles. The highest BCUT2D eigenvalue weighted by molar-refractivity contribution is 7.80. The Labute approximate surface area is 86.8 Å². The van der Waals surface area contributed by atoms with Gasteiger partial charge in [-0.1, -0.05) is 18.3 Å². The third-order valence-corrected chi connectivity index (χ3v) is 1.62. The maximum Gasteiger partial charge on any atom is 0.248 e. The molecule has 1 aromatic rings. The molecular weight excluding hydrogens is 200 g/mol. The van der Waals surface area contributed by atoms with Gasteiger partial charge < -0.3 is 16.2 Å². The third kappa shape index (κ3) is 3.02. The van der Waals surface area contributed by atoms with Gasteiger partial charge in [-0.15, -0.1) is 0 Å². The van der Waals surface area contributed by atoms with Crippen LogP contribution in [0.5, 0.6) is 5.75 Å². The highest BCUT2D eigenvalue weighted by atomic mass is 32.1. The zero-order chi connectivity index (χ0) is 10.6. The van der Waals surface area contributed by atoms with Gasteiger partial charge in [-0.3, -0.25) is 4.79 Å². The van der Waals surface area contributed by atoms with Crippen molar-refractivity contribution < 1.29 is 9.53 Å². The predicted molar refractivity (Wildman–Crippen MR) is 57.2 cm³/mol. The lowest BCUT2D eigenvalue weighted by atomic mass is 10.2. The number of primary amides is 1. The maximum absolute atomic E-state index is 10.8. The molecule has 0 heterocycles. The van der Waals surface area contributed by atoms with Gasteiger partial charge in [0, 0.05) is 5.56 Å². The molecule has 0 atom stereocenters. The van der Waals surface area contributed by atoms with Crippen molar-refractivity contribution in [2.24, 2.45) is 11.5 Å². The lowest BCUT2D eigenvalue weighted by Gasteiger charge is -2.05. The van der Waals surface area contributed by atoms with E-state index in [0.717, 1.165) is 0 Å². The molecule has 0 radical (unpaired) electrons. The van der Waals surface area contributed by atoms with Gasteiger partial charge in [-0.2, -0.15) is 0 Å². The Balaban J connectivity index is 2.73. The Morgan fingerprint density at radius 3 is 2.71 bits per heavy atom. The van der Waals surface area contributed by atoms with E-state index in [9.17, 15) is 4.79 Å². The molecule has 0 aliphatic heterocycles. The summed E-state index contributed by atoms with van der Waals surface area (Å²) >= 11 is 4.64. The number of carbonyl (C=O) groups excluding carboxylic acids is 1. The van der Waals surface area contributed by atoms with Gasteiger partial charge in [0.15, 0.2) is 0 Å². The highest BCUT2D eigenvalue weighted by Gasteiger charge is 2.01. The summed E-state index contributed by atoms with van der Waals surface area (Å²) in [6.07, 6.45) is 0. The zero-order valence-electron chi connectivity index (χ0n) is 7.40. The molecule has 0 fully saturated rings. The summed E-state index contributed by atoms with van der Waals surface area (Å²) in [4.78, 5) is 11.1. The lowest BCUT2D eigenvalue weighted by Crippen LogP contribution is -2.18. The summed E-state index contributed by atoms with van der Waals surface area (Å²) in [6.45, 7) is 0.150. The summed E-state index contributed by atoms with van der Waals surface area (Å²) < 4.78 is 5.18. The molecule has 0 aromatic heterocycles. The largest absolute Gasteiger partial charge is 0.486 e. The van der Waals surface area contributed by atoms with Crippen molar-refractivity contribution in [2.45, 2.75) is 0 Å². The number of ether oxygens (including phenoxy) is 1. The predicted octanol–water partition coefficient (Wildman–Crippen LogP) is 0.450. The molecule has 5 heteroatoms. The summed E-state index contributed by atoms with van der Waals surface area (Å²) in [5.74, 6) is 0.0277. The van der Waals surface area contributed by atoms with Crippen LogP contribution in [-0.2, 0) is 0 Å². The molecule has 1 rings (SSSR count). The second-order valence-electron chi connectivity index (χ2n) is 2.65. The zero-order valence-corrected chi connectivity index (χ0v) is 8.21. The molecule has 4 nitrogen and oxygen atoms in total. The molecule has 1 amide bonds. The van der Waals surface area contributed by atoms with Crippen molar-refractivity contribution in [1.29, 1.82) is 0 Å². The molecule has 74 valence electrons. The van der Waals surface area contributed by atoms with E-state index < -0.39 is 5.91 Å². The second kappa shape index (κ2) is 4.57. The van der Waals surface area contributed by atoms with Crippen molar-refractivity contribution >= 4 is 23.1 Å². The number of amides is 1. The number of rotatable bonds is 4. The van der Waals surface area contributed by atoms with Crippen LogP contribution in [0.15, 0.2) is 24.3 Å².